The number of benzene rings is 3. The second-order valence-corrected chi connectivity index (χ2v) is 9.64. The van der Waals surface area contributed by atoms with E-state index >= 15 is 0 Å². The number of fused-ring (bicyclic) bond motifs is 1. The highest BCUT2D eigenvalue weighted by Gasteiger charge is 2.69. The van der Waals surface area contributed by atoms with Crippen molar-refractivity contribution in [1.29, 1.82) is 0 Å². The number of ether oxygens (including phenoxy) is 1. The molecule has 194 valence electrons. The van der Waals surface area contributed by atoms with E-state index in [4.69, 9.17) is 4.74 Å². The maximum atomic E-state index is 14.0. The van der Waals surface area contributed by atoms with Crippen molar-refractivity contribution in [2.45, 2.75) is 31.8 Å². The van der Waals surface area contributed by atoms with Crippen molar-refractivity contribution < 1.29 is 29.0 Å². The van der Waals surface area contributed by atoms with Crippen molar-refractivity contribution in [2.75, 3.05) is 11.5 Å². The molecule has 2 saturated heterocycles. The van der Waals surface area contributed by atoms with Gasteiger partial charge in [-0.1, -0.05) is 49.4 Å². The van der Waals surface area contributed by atoms with Gasteiger partial charge in [0.15, 0.2) is 11.3 Å². The highest BCUT2D eigenvalue weighted by atomic mass is 16.5. The van der Waals surface area contributed by atoms with E-state index in [1.807, 2.05) is 6.92 Å². The summed E-state index contributed by atoms with van der Waals surface area (Å²) in [6.45, 7) is 4.00. The molecule has 2 N–H and O–H groups in total. The molecule has 0 radical (unpaired) electrons. The Balaban J connectivity index is 1.62. The zero-order chi connectivity index (χ0) is 27.0. The fraction of sp³-hybridized carbons (Fsp3) is 0.267. The fourth-order valence-electron chi connectivity index (χ4n) is 5.57. The number of anilines is 1. The molecule has 8 heteroatoms. The Kier molecular flexibility index (Phi) is 6.59. The quantitative estimate of drug-likeness (QED) is 0.345. The number of nitrogens with one attached hydrogen (secondary N) is 1. The molecule has 3 aromatic rings. The van der Waals surface area contributed by atoms with Gasteiger partial charge in [-0.2, -0.15) is 0 Å². The van der Waals surface area contributed by atoms with Gasteiger partial charge in [-0.15, -0.1) is 0 Å². The van der Waals surface area contributed by atoms with Gasteiger partial charge >= 0.3 is 5.97 Å². The molecule has 0 spiro atoms. The number of nitrogens with zero attached hydrogens (tertiary/aromatic N) is 1. The van der Waals surface area contributed by atoms with Crippen LogP contribution < -0.4 is 15.0 Å². The number of carboxylic acids is 1. The van der Waals surface area contributed by atoms with Crippen LogP contribution >= 0.6 is 0 Å². The van der Waals surface area contributed by atoms with Crippen molar-refractivity contribution in [3.63, 3.8) is 0 Å². The van der Waals surface area contributed by atoms with E-state index in [0.29, 0.717) is 34.7 Å². The van der Waals surface area contributed by atoms with E-state index in [1.165, 1.54) is 6.92 Å². The Hall–Kier alpha value is -4.30. The maximum absolute atomic E-state index is 14.0. The zero-order valence-electron chi connectivity index (χ0n) is 21.1. The summed E-state index contributed by atoms with van der Waals surface area (Å²) in [5, 5.41) is 13.8. The molecule has 0 bridgehead atoms. The molecule has 2 fully saturated rings. The molecule has 5 rings (SSSR count). The minimum atomic E-state index is -1.82. The largest absolute Gasteiger partial charge is 0.494 e. The van der Waals surface area contributed by atoms with E-state index in [2.05, 4.69) is 5.32 Å². The topological polar surface area (TPSA) is 113 Å². The summed E-state index contributed by atoms with van der Waals surface area (Å²) < 4.78 is 5.68. The molecule has 0 saturated carbocycles. The lowest BCUT2D eigenvalue weighted by Crippen LogP contribution is -2.53. The molecule has 2 aliphatic rings. The number of amides is 2. The average molecular weight is 513 g/mol. The summed E-state index contributed by atoms with van der Waals surface area (Å²) in [6.07, 6.45) is 0.855. The zero-order valence-corrected chi connectivity index (χ0v) is 21.1. The Morgan fingerprint density at radius 3 is 2.18 bits per heavy atom. The Bertz CT molecular complexity index is 1390. The van der Waals surface area contributed by atoms with Crippen LogP contribution in [-0.4, -0.2) is 35.3 Å². The van der Waals surface area contributed by atoms with Gasteiger partial charge in [0, 0.05) is 11.6 Å². The second-order valence-electron chi connectivity index (χ2n) is 9.64. The highest BCUT2D eigenvalue weighted by molar-refractivity contribution is 6.24. The van der Waals surface area contributed by atoms with Crippen LogP contribution in [0.3, 0.4) is 0 Å². The van der Waals surface area contributed by atoms with Gasteiger partial charge < -0.3 is 9.84 Å². The van der Waals surface area contributed by atoms with Crippen LogP contribution in [0.15, 0.2) is 78.9 Å². The van der Waals surface area contributed by atoms with E-state index in [1.54, 1.807) is 78.9 Å². The molecule has 0 aliphatic carbocycles. The van der Waals surface area contributed by atoms with Crippen molar-refractivity contribution in [3.8, 4) is 5.75 Å². The number of hydrogen-bond donors (Lipinski definition) is 2. The normalized spacial score (nSPS) is 24.4. The molecule has 4 atom stereocenters. The van der Waals surface area contributed by atoms with Gasteiger partial charge in [-0.25, -0.2) is 9.69 Å². The van der Waals surface area contributed by atoms with Crippen LogP contribution in [0.2, 0.25) is 0 Å². The van der Waals surface area contributed by atoms with Crippen LogP contribution in [0.5, 0.6) is 5.75 Å². The molecule has 4 unspecified atom stereocenters. The molecular weight excluding hydrogens is 484 g/mol. The van der Waals surface area contributed by atoms with Gasteiger partial charge in [0.25, 0.3) is 0 Å². The third-order valence-corrected chi connectivity index (χ3v) is 7.37. The maximum Gasteiger partial charge on any atom is 0.329 e. The van der Waals surface area contributed by atoms with E-state index < -0.39 is 41.2 Å². The van der Waals surface area contributed by atoms with Crippen LogP contribution in [-0.2, 0) is 19.9 Å². The first kappa shape index (κ1) is 25.4. The van der Waals surface area contributed by atoms with E-state index in [9.17, 15) is 24.3 Å². The predicted octanol–water partition coefficient (Wildman–Crippen LogP) is 4.11. The summed E-state index contributed by atoms with van der Waals surface area (Å²) in [5.74, 6) is -3.95. The van der Waals surface area contributed by atoms with Crippen LogP contribution in [0.25, 0.3) is 0 Å². The number of carboxylic acid groups (broad SMARTS) is 1. The first-order valence-corrected chi connectivity index (χ1v) is 12.6. The molecule has 0 aromatic heterocycles. The van der Waals surface area contributed by atoms with E-state index in [0.717, 1.165) is 11.3 Å². The Morgan fingerprint density at radius 2 is 1.61 bits per heavy atom. The standard InChI is InChI=1S/C30H28N2O6/c1-3-17-38-23-15-11-20(12-16-23)26-24-25(30(31-26,29(36)37)21-7-5-4-6-8-21)28(35)32(27(24)34)22-13-9-19(10-14-22)18(2)33/h4-16,24-26,31H,3,17H2,1-2H3,(H,36,37). The summed E-state index contributed by atoms with van der Waals surface area (Å²) >= 11 is 0. The monoisotopic (exact) mass is 512 g/mol. The lowest BCUT2D eigenvalue weighted by molar-refractivity contribution is -0.149. The number of imide groups is 1. The van der Waals surface area contributed by atoms with Crippen LogP contribution in [0, 0.1) is 11.8 Å². The fourth-order valence-corrected chi connectivity index (χ4v) is 5.57. The lowest BCUT2D eigenvalue weighted by Gasteiger charge is -2.31. The smallest absolute Gasteiger partial charge is 0.329 e. The summed E-state index contributed by atoms with van der Waals surface area (Å²) in [6, 6.07) is 21.1. The number of hydrogen-bond acceptors (Lipinski definition) is 6. The second kappa shape index (κ2) is 9.87. The lowest BCUT2D eigenvalue weighted by atomic mass is 9.75. The van der Waals surface area contributed by atoms with Gasteiger partial charge in [0.1, 0.15) is 5.75 Å². The van der Waals surface area contributed by atoms with Crippen LogP contribution in [0.4, 0.5) is 5.69 Å². The predicted molar refractivity (Wildman–Crippen MR) is 140 cm³/mol. The number of carbonyl (C=O) groups excluding carboxylic acids is 3. The molecule has 3 aromatic carbocycles. The van der Waals surface area contributed by atoms with Crippen LogP contribution in [0.1, 0.15) is 47.8 Å². The van der Waals surface area contributed by atoms with Gasteiger partial charge in [-0.3, -0.25) is 19.7 Å². The van der Waals surface area contributed by atoms with Crippen molar-refractivity contribution in [2.24, 2.45) is 11.8 Å². The molecule has 38 heavy (non-hydrogen) atoms. The molecule has 2 aliphatic heterocycles. The minimum absolute atomic E-state index is 0.142. The molecule has 2 amide bonds. The number of carbonyl (C=O) groups is 4. The number of ketones is 1. The first-order valence-electron chi connectivity index (χ1n) is 12.6. The number of rotatable bonds is 8. The van der Waals surface area contributed by atoms with E-state index in [-0.39, 0.29) is 5.78 Å². The Labute approximate surface area is 220 Å². The first-order chi connectivity index (χ1) is 18.3. The van der Waals surface area contributed by atoms with Gasteiger partial charge in [-0.05, 0) is 60.9 Å². The van der Waals surface area contributed by atoms with Crippen molar-refractivity contribution in [1.82, 2.24) is 5.32 Å². The molecule has 8 nitrogen and oxygen atoms in total. The Morgan fingerprint density at radius 1 is 0.947 bits per heavy atom. The molecular formula is C30H28N2O6. The summed E-state index contributed by atoms with van der Waals surface area (Å²) in [5.41, 5.74) is -0.00831. The summed E-state index contributed by atoms with van der Waals surface area (Å²) in [4.78, 5) is 53.7. The third kappa shape index (κ3) is 3.97. The molecule has 2 heterocycles. The minimum Gasteiger partial charge on any atom is -0.494 e. The summed E-state index contributed by atoms with van der Waals surface area (Å²) in [7, 11) is 0. The van der Waals surface area contributed by atoms with Gasteiger partial charge in [0.2, 0.25) is 11.8 Å². The third-order valence-electron chi connectivity index (χ3n) is 7.37. The highest BCUT2D eigenvalue weighted by Crippen LogP contribution is 2.53. The van der Waals surface area contributed by atoms with Crippen molar-refractivity contribution in [3.05, 3.63) is 95.6 Å². The number of Topliss-reactive ketones (excluding diaryl/α,β-unsaturated/α-hetero) is 1. The average Bonchev–Trinajstić information content (AvgIpc) is 3.42. The van der Waals surface area contributed by atoms with Crippen molar-refractivity contribution >= 4 is 29.3 Å². The SMILES string of the molecule is CCCOc1ccc(C2NC(C(=O)O)(c3ccccc3)C3C(=O)N(c4ccc(C(C)=O)cc4)C(=O)C23)cc1. The number of aliphatic carboxylic acids is 1. The van der Waals surface area contributed by atoms with Gasteiger partial charge in [0.05, 0.1) is 24.1 Å².